The van der Waals surface area contributed by atoms with E-state index in [2.05, 4.69) is 33.8 Å². The number of nitrogens with one attached hydrogen (secondary N) is 2. The van der Waals surface area contributed by atoms with Crippen LogP contribution in [0.15, 0.2) is 86.2 Å². The fraction of sp³-hybridized carbons (Fsp3) is 0.359. The van der Waals surface area contributed by atoms with Gasteiger partial charge in [-0.05, 0) is 50.1 Å². The van der Waals surface area contributed by atoms with Crippen molar-refractivity contribution in [3.8, 4) is 5.88 Å². The molecule has 1 aliphatic heterocycles. The highest BCUT2D eigenvalue weighted by molar-refractivity contribution is 6.07. The summed E-state index contributed by atoms with van der Waals surface area (Å²) in [5, 5.41) is 18.3. The number of para-hydroxylation sites is 1. The summed E-state index contributed by atoms with van der Waals surface area (Å²) in [5.41, 5.74) is -0.0623. The third-order valence-corrected chi connectivity index (χ3v) is 9.75. The number of carboxylic acid groups (broad SMARTS) is 1. The van der Waals surface area contributed by atoms with Gasteiger partial charge in [0.2, 0.25) is 17.7 Å². The van der Waals surface area contributed by atoms with E-state index in [1.165, 1.54) is 23.4 Å². The first-order valence-electron chi connectivity index (χ1n) is 17.3. The van der Waals surface area contributed by atoms with E-state index in [0.29, 0.717) is 24.4 Å². The van der Waals surface area contributed by atoms with Gasteiger partial charge in [0.05, 0.1) is 24.0 Å². The third-order valence-electron chi connectivity index (χ3n) is 9.75. The molecule has 2 fully saturated rings. The van der Waals surface area contributed by atoms with Crippen molar-refractivity contribution in [2.24, 2.45) is 5.92 Å². The van der Waals surface area contributed by atoms with Gasteiger partial charge in [0.25, 0.3) is 5.91 Å². The molecule has 12 nitrogen and oxygen atoms in total. The quantitative estimate of drug-likeness (QED) is 0.0893. The van der Waals surface area contributed by atoms with E-state index in [0.717, 1.165) is 40.9 Å². The van der Waals surface area contributed by atoms with Crippen LogP contribution in [0.5, 0.6) is 5.88 Å². The van der Waals surface area contributed by atoms with Gasteiger partial charge >= 0.3 is 5.97 Å². The zero-order valence-corrected chi connectivity index (χ0v) is 28.6. The predicted molar refractivity (Wildman–Crippen MR) is 192 cm³/mol. The molecule has 12 heteroatoms. The number of likely N-dealkylation sites (tertiary alicyclic amines) is 1. The van der Waals surface area contributed by atoms with E-state index in [1.807, 2.05) is 54.6 Å². The lowest BCUT2D eigenvalue weighted by Crippen LogP contribution is -2.56. The first-order valence-corrected chi connectivity index (χ1v) is 17.3. The topological polar surface area (TPSA) is 164 Å². The molecule has 0 spiro atoms. The average Bonchev–Trinajstić information content (AvgIpc) is 3.70. The maximum absolute atomic E-state index is 14.5. The Balaban J connectivity index is 1.30. The Morgan fingerprint density at radius 1 is 1.02 bits per heavy atom. The van der Waals surface area contributed by atoms with Crippen molar-refractivity contribution in [3.05, 3.63) is 97.6 Å². The number of pyridine rings is 1. The monoisotopic (exact) mass is 690 g/mol. The van der Waals surface area contributed by atoms with Crippen LogP contribution in [-0.2, 0) is 14.4 Å². The number of allylic oxidation sites excluding steroid dienone is 1. The number of unbranched alkanes of at least 4 members (excludes halogenated alkanes) is 3. The standard InChI is InChI=1S/C39H42N6O6/c1-4-6-7-8-9-18-31(42-34(46)32-22-40-24(3)21-41-32)37(48)45-23-26(19-33(45)35(47)44-39(38(49)50)20-25(39)5-2)51-36-29-16-11-10-14-27(29)28-15-12-13-17-30(28)43-36/h4-5,10-17,21-22,25-26,31,33H,1-2,6-9,18-20,23H2,3H3,(H,42,46)(H,44,47)(H,49,50)/t25?,26-,31?,33+,39?/m1/s1. The van der Waals surface area contributed by atoms with Gasteiger partial charge in [-0.3, -0.25) is 19.4 Å². The van der Waals surface area contributed by atoms with Crippen molar-refractivity contribution >= 4 is 45.4 Å². The summed E-state index contributed by atoms with van der Waals surface area (Å²) < 4.78 is 6.53. The van der Waals surface area contributed by atoms with E-state index < -0.39 is 53.3 Å². The van der Waals surface area contributed by atoms with E-state index in [-0.39, 0.29) is 25.1 Å². The van der Waals surface area contributed by atoms with Crippen molar-refractivity contribution in [3.63, 3.8) is 0 Å². The number of nitrogens with zero attached hydrogens (tertiary/aromatic N) is 4. The Labute approximate surface area is 296 Å². The van der Waals surface area contributed by atoms with E-state index >= 15 is 0 Å². The maximum atomic E-state index is 14.5. The molecule has 3 amide bonds. The lowest BCUT2D eigenvalue weighted by atomic mass is 10.0. The fourth-order valence-electron chi connectivity index (χ4n) is 6.83. The predicted octanol–water partition coefficient (Wildman–Crippen LogP) is 4.92. The number of hydrogen-bond donors (Lipinski definition) is 3. The number of benzene rings is 2. The molecular formula is C39H42N6O6. The summed E-state index contributed by atoms with van der Waals surface area (Å²) in [6.45, 7) is 9.26. The summed E-state index contributed by atoms with van der Waals surface area (Å²) in [7, 11) is 0. The van der Waals surface area contributed by atoms with E-state index in [9.17, 15) is 24.3 Å². The minimum atomic E-state index is -1.49. The summed E-state index contributed by atoms with van der Waals surface area (Å²) in [6.07, 6.45) is 9.24. The van der Waals surface area contributed by atoms with Crippen molar-refractivity contribution in [2.75, 3.05) is 6.54 Å². The minimum absolute atomic E-state index is 0.0118. The molecule has 0 bridgehead atoms. The van der Waals surface area contributed by atoms with Crippen LogP contribution in [0.25, 0.3) is 21.7 Å². The second-order valence-corrected chi connectivity index (χ2v) is 13.3. The molecule has 1 saturated carbocycles. The van der Waals surface area contributed by atoms with Crippen LogP contribution in [-0.4, -0.2) is 78.9 Å². The molecule has 6 rings (SSSR count). The normalized spacial score (nSPS) is 21.5. The van der Waals surface area contributed by atoms with Crippen LogP contribution in [0.3, 0.4) is 0 Å². The van der Waals surface area contributed by atoms with Crippen molar-refractivity contribution in [2.45, 2.75) is 75.6 Å². The number of rotatable bonds is 15. The molecule has 3 N–H and O–H groups in total. The van der Waals surface area contributed by atoms with Gasteiger partial charge < -0.3 is 25.4 Å². The molecule has 2 aliphatic rings. The molecule has 0 radical (unpaired) electrons. The van der Waals surface area contributed by atoms with Gasteiger partial charge in [-0.1, -0.05) is 61.4 Å². The Morgan fingerprint density at radius 2 is 1.76 bits per heavy atom. The van der Waals surface area contributed by atoms with Crippen molar-refractivity contribution in [1.29, 1.82) is 0 Å². The number of carboxylic acids is 1. The number of fused-ring (bicyclic) bond motifs is 3. The zero-order valence-electron chi connectivity index (χ0n) is 28.6. The molecule has 2 aromatic heterocycles. The van der Waals surface area contributed by atoms with Gasteiger partial charge in [-0.25, -0.2) is 14.8 Å². The van der Waals surface area contributed by atoms with Crippen molar-refractivity contribution < 1.29 is 29.0 Å². The Kier molecular flexibility index (Phi) is 10.4. The average molecular weight is 691 g/mol. The van der Waals surface area contributed by atoms with Crippen LogP contribution in [0.2, 0.25) is 0 Å². The summed E-state index contributed by atoms with van der Waals surface area (Å²) >= 11 is 0. The molecule has 1 saturated heterocycles. The summed E-state index contributed by atoms with van der Waals surface area (Å²) in [5.74, 6) is -2.90. The second-order valence-electron chi connectivity index (χ2n) is 13.3. The van der Waals surface area contributed by atoms with Gasteiger partial charge in [0, 0.05) is 29.3 Å². The number of amides is 3. The Hall–Kier alpha value is -5.65. The van der Waals surface area contributed by atoms with Gasteiger partial charge in [-0.15, -0.1) is 13.2 Å². The molecular weight excluding hydrogens is 648 g/mol. The van der Waals surface area contributed by atoms with E-state index in [4.69, 9.17) is 9.72 Å². The minimum Gasteiger partial charge on any atom is -0.479 e. The molecule has 4 aromatic rings. The van der Waals surface area contributed by atoms with Crippen LogP contribution in [0.4, 0.5) is 0 Å². The second kappa shape index (κ2) is 15.1. The molecule has 3 unspecified atom stereocenters. The molecule has 1 aliphatic carbocycles. The first kappa shape index (κ1) is 35.2. The smallest absolute Gasteiger partial charge is 0.330 e. The first-order chi connectivity index (χ1) is 24.6. The number of aryl methyl sites for hydroxylation is 1. The van der Waals surface area contributed by atoms with Crippen LogP contribution in [0.1, 0.15) is 61.1 Å². The summed E-state index contributed by atoms with van der Waals surface area (Å²) in [4.78, 5) is 68.7. The van der Waals surface area contributed by atoms with E-state index in [1.54, 1.807) is 6.92 Å². The zero-order chi connectivity index (χ0) is 36.1. The number of aliphatic carboxylic acids is 1. The van der Waals surface area contributed by atoms with Gasteiger partial charge in [-0.2, -0.15) is 0 Å². The van der Waals surface area contributed by atoms with Crippen LogP contribution < -0.4 is 15.4 Å². The number of ether oxygens (including phenoxy) is 1. The maximum Gasteiger partial charge on any atom is 0.330 e. The molecule has 3 heterocycles. The van der Waals surface area contributed by atoms with Crippen LogP contribution >= 0.6 is 0 Å². The fourth-order valence-corrected chi connectivity index (χ4v) is 6.83. The lowest BCUT2D eigenvalue weighted by Gasteiger charge is -2.29. The largest absolute Gasteiger partial charge is 0.479 e. The number of aromatic nitrogens is 3. The number of carbonyl (C=O) groups is 4. The van der Waals surface area contributed by atoms with Gasteiger partial charge in [0.15, 0.2) is 0 Å². The molecule has 264 valence electrons. The SMILES string of the molecule is C=CCCCCCC(NC(=O)c1cnc(C)cn1)C(=O)N1C[C@H](Oc2nc3ccccc3c3ccccc23)C[C@H]1C(=O)NC1(C(=O)O)CC1C=C. The molecule has 5 atom stereocenters. The summed E-state index contributed by atoms with van der Waals surface area (Å²) in [6, 6.07) is 13.4. The lowest BCUT2D eigenvalue weighted by molar-refractivity contribution is -0.145. The number of hydrogen-bond acceptors (Lipinski definition) is 8. The molecule has 2 aromatic carbocycles. The Bertz CT molecular complexity index is 1980. The highest BCUT2D eigenvalue weighted by atomic mass is 16.5. The number of carbonyl (C=O) groups excluding carboxylic acids is 3. The van der Waals surface area contributed by atoms with Crippen molar-refractivity contribution in [1.82, 2.24) is 30.5 Å². The van der Waals surface area contributed by atoms with Crippen LogP contribution in [0, 0.1) is 12.8 Å². The highest BCUT2D eigenvalue weighted by Crippen LogP contribution is 2.45. The highest BCUT2D eigenvalue weighted by Gasteiger charge is 2.61. The Morgan fingerprint density at radius 3 is 2.45 bits per heavy atom. The molecule has 51 heavy (non-hydrogen) atoms. The van der Waals surface area contributed by atoms with Gasteiger partial charge in [0.1, 0.15) is 29.4 Å². The third kappa shape index (κ3) is 7.45.